The Balaban J connectivity index is 3.15. The van der Waals surface area contributed by atoms with Gasteiger partial charge in [0.2, 0.25) is 10.0 Å². The SMILES string of the molecule is C=CC(c1ccc(C)cc1)S(=O)(=O)N(CCCC)CC(=O)O. The molecule has 5 nitrogen and oxygen atoms in total. The average molecular weight is 325 g/mol. The van der Waals surface area contributed by atoms with E-state index in [2.05, 4.69) is 6.58 Å². The summed E-state index contributed by atoms with van der Waals surface area (Å²) in [6.07, 6.45) is 2.75. The van der Waals surface area contributed by atoms with E-state index in [0.717, 1.165) is 16.3 Å². The Kier molecular flexibility index (Phi) is 6.77. The highest BCUT2D eigenvalue weighted by Crippen LogP contribution is 2.27. The monoisotopic (exact) mass is 325 g/mol. The molecule has 0 aliphatic carbocycles. The zero-order chi connectivity index (χ0) is 16.8. The molecule has 0 amide bonds. The van der Waals surface area contributed by atoms with Gasteiger partial charge >= 0.3 is 5.97 Å². The number of aryl methyl sites for hydroxylation is 1. The maximum Gasteiger partial charge on any atom is 0.318 e. The van der Waals surface area contributed by atoms with Crippen LogP contribution in [0.3, 0.4) is 0 Å². The summed E-state index contributed by atoms with van der Waals surface area (Å²) >= 11 is 0. The quantitative estimate of drug-likeness (QED) is 0.708. The van der Waals surface area contributed by atoms with E-state index in [1.165, 1.54) is 6.08 Å². The van der Waals surface area contributed by atoms with Crippen LogP contribution in [-0.2, 0) is 14.8 Å². The molecule has 0 aliphatic rings. The molecular formula is C16H23NO4S. The van der Waals surface area contributed by atoms with Crippen molar-refractivity contribution in [3.8, 4) is 0 Å². The molecule has 0 fully saturated rings. The van der Waals surface area contributed by atoms with Crippen molar-refractivity contribution in [2.24, 2.45) is 0 Å². The third-order valence-electron chi connectivity index (χ3n) is 3.37. The second kappa shape index (κ2) is 8.10. The summed E-state index contributed by atoms with van der Waals surface area (Å²) < 4.78 is 26.6. The van der Waals surface area contributed by atoms with Crippen LogP contribution in [0.2, 0.25) is 0 Å². The van der Waals surface area contributed by atoms with Crippen LogP contribution in [0.1, 0.15) is 36.1 Å². The van der Waals surface area contributed by atoms with Crippen LogP contribution >= 0.6 is 0 Å². The number of carboxylic acid groups (broad SMARTS) is 1. The van der Waals surface area contributed by atoms with Crippen molar-refractivity contribution < 1.29 is 18.3 Å². The molecule has 22 heavy (non-hydrogen) atoms. The predicted octanol–water partition coefficient (Wildman–Crippen LogP) is 2.74. The van der Waals surface area contributed by atoms with E-state index in [9.17, 15) is 13.2 Å². The van der Waals surface area contributed by atoms with Gasteiger partial charge in [0, 0.05) is 6.54 Å². The minimum atomic E-state index is -3.81. The fraction of sp³-hybridized carbons (Fsp3) is 0.438. The molecule has 1 aromatic carbocycles. The standard InChI is InChI=1S/C16H23NO4S/c1-4-6-11-17(12-16(18)19)22(20,21)15(5-2)14-9-7-13(3)8-10-14/h5,7-10,15H,2,4,6,11-12H2,1,3H3,(H,18,19). The van der Waals surface area contributed by atoms with Gasteiger partial charge in [-0.2, -0.15) is 4.31 Å². The summed E-state index contributed by atoms with van der Waals surface area (Å²) in [5.74, 6) is -1.16. The first kappa shape index (κ1) is 18.4. The minimum absolute atomic E-state index is 0.196. The van der Waals surface area contributed by atoms with Crippen LogP contribution in [0.4, 0.5) is 0 Å². The summed E-state index contributed by atoms with van der Waals surface area (Å²) in [7, 11) is -3.81. The lowest BCUT2D eigenvalue weighted by molar-refractivity contribution is -0.137. The second-order valence-corrected chi connectivity index (χ2v) is 7.25. The lowest BCUT2D eigenvalue weighted by Gasteiger charge is -2.25. The molecular weight excluding hydrogens is 302 g/mol. The Labute approximate surface area is 132 Å². The van der Waals surface area contributed by atoms with Crippen molar-refractivity contribution in [1.82, 2.24) is 4.31 Å². The predicted molar refractivity (Wildman–Crippen MR) is 87.2 cm³/mol. The van der Waals surface area contributed by atoms with Gasteiger partial charge in [-0.25, -0.2) is 8.42 Å². The Morgan fingerprint density at radius 1 is 1.36 bits per heavy atom. The van der Waals surface area contributed by atoms with E-state index in [1.807, 2.05) is 26.0 Å². The van der Waals surface area contributed by atoms with Gasteiger partial charge in [0.05, 0.1) is 0 Å². The van der Waals surface area contributed by atoms with Gasteiger partial charge in [0.1, 0.15) is 11.8 Å². The number of rotatable bonds is 9. The number of benzene rings is 1. The first-order valence-electron chi connectivity index (χ1n) is 7.22. The fourth-order valence-electron chi connectivity index (χ4n) is 2.13. The molecule has 1 N–H and O–H groups in total. The Morgan fingerprint density at radius 2 is 1.95 bits per heavy atom. The van der Waals surface area contributed by atoms with E-state index in [-0.39, 0.29) is 6.54 Å². The van der Waals surface area contributed by atoms with Crippen molar-refractivity contribution in [2.45, 2.75) is 31.9 Å². The van der Waals surface area contributed by atoms with E-state index < -0.39 is 27.8 Å². The number of nitrogens with zero attached hydrogens (tertiary/aromatic N) is 1. The van der Waals surface area contributed by atoms with Gasteiger partial charge in [-0.1, -0.05) is 49.2 Å². The van der Waals surface area contributed by atoms with Crippen molar-refractivity contribution in [1.29, 1.82) is 0 Å². The average Bonchev–Trinajstić information content (AvgIpc) is 2.45. The smallest absolute Gasteiger partial charge is 0.318 e. The van der Waals surface area contributed by atoms with Gasteiger partial charge in [-0.3, -0.25) is 4.79 Å². The second-order valence-electron chi connectivity index (χ2n) is 5.19. The van der Waals surface area contributed by atoms with Crippen LogP contribution in [0.5, 0.6) is 0 Å². The molecule has 0 aromatic heterocycles. The van der Waals surface area contributed by atoms with E-state index in [1.54, 1.807) is 12.1 Å². The van der Waals surface area contributed by atoms with Gasteiger partial charge in [0.25, 0.3) is 0 Å². The Bertz CT molecular complexity index is 608. The van der Waals surface area contributed by atoms with Crippen LogP contribution in [-0.4, -0.2) is 36.9 Å². The topological polar surface area (TPSA) is 74.7 Å². The number of carbonyl (C=O) groups is 1. The molecule has 0 spiro atoms. The normalized spacial score (nSPS) is 13.0. The number of hydrogen-bond donors (Lipinski definition) is 1. The van der Waals surface area contributed by atoms with E-state index in [0.29, 0.717) is 12.0 Å². The summed E-state index contributed by atoms with van der Waals surface area (Å²) in [6, 6.07) is 7.12. The van der Waals surface area contributed by atoms with Gasteiger partial charge < -0.3 is 5.11 Å². The zero-order valence-electron chi connectivity index (χ0n) is 13.0. The lowest BCUT2D eigenvalue weighted by Crippen LogP contribution is -2.38. The Hall–Kier alpha value is -1.66. The van der Waals surface area contributed by atoms with Gasteiger partial charge in [-0.05, 0) is 18.9 Å². The highest BCUT2D eigenvalue weighted by atomic mass is 32.2. The highest BCUT2D eigenvalue weighted by molar-refractivity contribution is 7.89. The van der Waals surface area contributed by atoms with Crippen LogP contribution in [0.15, 0.2) is 36.9 Å². The molecule has 0 radical (unpaired) electrons. The molecule has 0 heterocycles. The van der Waals surface area contributed by atoms with Gasteiger partial charge in [-0.15, -0.1) is 6.58 Å². The molecule has 1 rings (SSSR count). The highest BCUT2D eigenvalue weighted by Gasteiger charge is 2.32. The summed E-state index contributed by atoms with van der Waals surface area (Å²) in [6.45, 7) is 7.12. The summed E-state index contributed by atoms with van der Waals surface area (Å²) in [4.78, 5) is 11.0. The number of unbranched alkanes of at least 4 members (excludes halogenated alkanes) is 1. The van der Waals surface area contributed by atoms with Crippen molar-refractivity contribution in [3.63, 3.8) is 0 Å². The van der Waals surface area contributed by atoms with Crippen LogP contribution < -0.4 is 0 Å². The van der Waals surface area contributed by atoms with Crippen LogP contribution in [0, 0.1) is 6.92 Å². The third kappa shape index (κ3) is 4.68. The minimum Gasteiger partial charge on any atom is -0.480 e. The Morgan fingerprint density at radius 3 is 2.41 bits per heavy atom. The summed E-state index contributed by atoms with van der Waals surface area (Å²) in [5, 5.41) is 8.04. The molecule has 0 bridgehead atoms. The van der Waals surface area contributed by atoms with Crippen LogP contribution in [0.25, 0.3) is 0 Å². The molecule has 122 valence electrons. The fourth-order valence-corrected chi connectivity index (χ4v) is 3.87. The first-order chi connectivity index (χ1) is 10.3. The maximum absolute atomic E-state index is 12.8. The number of carboxylic acids is 1. The molecule has 0 aliphatic heterocycles. The lowest BCUT2D eigenvalue weighted by atomic mass is 10.1. The number of sulfonamides is 1. The molecule has 0 saturated carbocycles. The molecule has 0 saturated heterocycles. The molecule has 1 aromatic rings. The van der Waals surface area contributed by atoms with Gasteiger partial charge in [0.15, 0.2) is 0 Å². The van der Waals surface area contributed by atoms with E-state index in [4.69, 9.17) is 5.11 Å². The zero-order valence-corrected chi connectivity index (χ0v) is 13.8. The van der Waals surface area contributed by atoms with Crippen molar-refractivity contribution in [3.05, 3.63) is 48.0 Å². The maximum atomic E-state index is 12.8. The number of hydrogen-bond acceptors (Lipinski definition) is 3. The molecule has 1 unspecified atom stereocenters. The van der Waals surface area contributed by atoms with E-state index >= 15 is 0 Å². The number of aliphatic carboxylic acids is 1. The molecule has 6 heteroatoms. The van der Waals surface area contributed by atoms with Crippen molar-refractivity contribution >= 4 is 16.0 Å². The third-order valence-corrected chi connectivity index (χ3v) is 5.51. The largest absolute Gasteiger partial charge is 0.480 e. The van der Waals surface area contributed by atoms with Crippen molar-refractivity contribution in [2.75, 3.05) is 13.1 Å². The first-order valence-corrected chi connectivity index (χ1v) is 8.73. The molecule has 1 atom stereocenters. The summed E-state index contributed by atoms with van der Waals surface area (Å²) in [5.41, 5.74) is 1.62.